The zero-order valence-electron chi connectivity index (χ0n) is 15.1. The highest BCUT2D eigenvalue weighted by Crippen LogP contribution is 2.32. The summed E-state index contributed by atoms with van der Waals surface area (Å²) in [4.78, 5) is 29.2. The van der Waals surface area contributed by atoms with E-state index >= 15 is 0 Å². The molecule has 1 saturated heterocycles. The fourth-order valence-electron chi connectivity index (χ4n) is 2.55. The second-order valence-electron chi connectivity index (χ2n) is 6.63. The first-order valence-electron chi connectivity index (χ1n) is 8.13. The number of halogens is 3. The van der Waals surface area contributed by atoms with Gasteiger partial charge >= 0.3 is 12.4 Å². The molecule has 28 heavy (non-hydrogen) atoms. The Morgan fingerprint density at radius 2 is 1.86 bits per heavy atom. The quantitative estimate of drug-likeness (QED) is 0.794. The number of aryl methyl sites for hydroxylation is 1. The highest BCUT2D eigenvalue weighted by Gasteiger charge is 2.45. The van der Waals surface area contributed by atoms with E-state index in [1.165, 1.54) is 37.4 Å². The lowest BCUT2D eigenvalue weighted by Gasteiger charge is -2.16. The van der Waals surface area contributed by atoms with Gasteiger partial charge in [-0.05, 0) is 38.5 Å². The number of rotatable bonds is 4. The van der Waals surface area contributed by atoms with Crippen molar-refractivity contribution in [3.8, 4) is 17.4 Å². The molecule has 1 N–H and O–H groups in total. The minimum atomic E-state index is -4.82. The third kappa shape index (κ3) is 4.00. The van der Waals surface area contributed by atoms with Crippen LogP contribution >= 0.6 is 0 Å². The number of imide groups is 1. The molecule has 7 nitrogen and oxygen atoms in total. The minimum absolute atomic E-state index is 0.0666. The van der Waals surface area contributed by atoms with Crippen LogP contribution in [0.4, 0.5) is 23.7 Å². The second kappa shape index (κ2) is 6.70. The molecule has 0 aliphatic carbocycles. The lowest BCUT2D eigenvalue weighted by molar-refractivity contribution is -0.274. The second-order valence-corrected chi connectivity index (χ2v) is 6.63. The van der Waals surface area contributed by atoms with Crippen molar-refractivity contribution in [1.29, 1.82) is 0 Å². The fourth-order valence-corrected chi connectivity index (χ4v) is 2.55. The van der Waals surface area contributed by atoms with Crippen LogP contribution < -0.4 is 19.7 Å². The van der Waals surface area contributed by atoms with Crippen LogP contribution in [-0.4, -0.2) is 28.8 Å². The number of amides is 3. The number of pyridine rings is 1. The molecule has 3 rings (SSSR count). The van der Waals surface area contributed by atoms with Crippen molar-refractivity contribution in [2.75, 3.05) is 4.90 Å². The molecule has 0 unspecified atom stereocenters. The average molecular weight is 395 g/mol. The molecule has 1 aromatic heterocycles. The summed E-state index contributed by atoms with van der Waals surface area (Å²) in [6, 6.07) is 6.25. The molecule has 0 radical (unpaired) electrons. The van der Waals surface area contributed by atoms with Crippen LogP contribution in [0.15, 0.2) is 36.5 Å². The van der Waals surface area contributed by atoms with Crippen LogP contribution in [0, 0.1) is 6.92 Å². The van der Waals surface area contributed by atoms with Crippen molar-refractivity contribution in [3.05, 3.63) is 42.1 Å². The van der Waals surface area contributed by atoms with Gasteiger partial charge in [0.1, 0.15) is 17.0 Å². The number of anilines is 1. The number of nitrogens with one attached hydrogen (secondary N) is 1. The number of nitrogens with zero attached hydrogens (tertiary/aromatic N) is 2. The number of aromatic nitrogens is 1. The molecular weight excluding hydrogens is 379 g/mol. The van der Waals surface area contributed by atoms with Crippen molar-refractivity contribution < 1.29 is 32.2 Å². The summed E-state index contributed by atoms with van der Waals surface area (Å²) in [5, 5.41) is 2.55. The Balaban J connectivity index is 1.78. The summed E-state index contributed by atoms with van der Waals surface area (Å²) < 4.78 is 46.7. The Morgan fingerprint density at radius 1 is 1.14 bits per heavy atom. The molecule has 10 heteroatoms. The Hall–Kier alpha value is -3.30. The maximum Gasteiger partial charge on any atom is 0.573 e. The van der Waals surface area contributed by atoms with Crippen LogP contribution in [0.2, 0.25) is 0 Å². The Kier molecular flexibility index (Phi) is 4.66. The van der Waals surface area contributed by atoms with Crippen LogP contribution in [0.3, 0.4) is 0 Å². The van der Waals surface area contributed by atoms with Crippen LogP contribution in [0.5, 0.6) is 17.4 Å². The molecule has 0 bridgehead atoms. The summed E-state index contributed by atoms with van der Waals surface area (Å²) >= 11 is 0. The van der Waals surface area contributed by atoms with Gasteiger partial charge in [0.2, 0.25) is 5.88 Å². The molecule has 1 fully saturated rings. The average Bonchev–Trinajstić information content (AvgIpc) is 2.78. The Morgan fingerprint density at radius 3 is 2.39 bits per heavy atom. The van der Waals surface area contributed by atoms with Crippen LogP contribution in [-0.2, 0) is 4.79 Å². The highest BCUT2D eigenvalue weighted by molar-refractivity contribution is 6.22. The SMILES string of the molecule is Cc1ccc(Oc2ccc(N3C(=O)NC(C)(C)C3=O)cn2)cc1OC(F)(F)F. The number of ether oxygens (including phenoxy) is 2. The lowest BCUT2D eigenvalue weighted by Crippen LogP contribution is -2.40. The van der Waals surface area contributed by atoms with E-state index in [1.807, 2.05) is 0 Å². The van der Waals surface area contributed by atoms with E-state index < -0.39 is 23.8 Å². The summed E-state index contributed by atoms with van der Waals surface area (Å²) in [5.74, 6) is -0.665. The van der Waals surface area contributed by atoms with E-state index in [0.717, 1.165) is 11.0 Å². The van der Waals surface area contributed by atoms with Gasteiger partial charge in [0, 0.05) is 12.1 Å². The standard InChI is InChI=1S/C18H16F3N3O4/c1-10-4-6-12(8-13(10)28-18(19,20)21)27-14-7-5-11(9-22-14)24-15(25)17(2,3)23-16(24)26/h4-9H,1-3H3,(H,23,26). The molecule has 2 aromatic rings. The summed E-state index contributed by atoms with van der Waals surface area (Å²) in [5.41, 5.74) is -0.497. The number of hydrogen-bond acceptors (Lipinski definition) is 5. The van der Waals surface area contributed by atoms with Crippen LogP contribution in [0.25, 0.3) is 0 Å². The summed E-state index contributed by atoms with van der Waals surface area (Å²) in [7, 11) is 0. The van der Waals surface area contributed by atoms with Crippen molar-refractivity contribution in [1.82, 2.24) is 10.3 Å². The molecule has 148 valence electrons. The minimum Gasteiger partial charge on any atom is -0.439 e. The van der Waals surface area contributed by atoms with Gasteiger partial charge in [0.25, 0.3) is 5.91 Å². The van der Waals surface area contributed by atoms with E-state index in [2.05, 4.69) is 15.0 Å². The van der Waals surface area contributed by atoms with Gasteiger partial charge in [-0.25, -0.2) is 14.7 Å². The van der Waals surface area contributed by atoms with Gasteiger partial charge in [-0.15, -0.1) is 13.2 Å². The van der Waals surface area contributed by atoms with E-state index in [4.69, 9.17) is 4.74 Å². The number of alkyl halides is 3. The van der Waals surface area contributed by atoms with Crippen molar-refractivity contribution >= 4 is 17.6 Å². The first-order chi connectivity index (χ1) is 13.0. The van der Waals surface area contributed by atoms with Crippen molar-refractivity contribution in [3.63, 3.8) is 0 Å². The van der Waals surface area contributed by atoms with Crippen molar-refractivity contribution in [2.24, 2.45) is 0 Å². The van der Waals surface area contributed by atoms with Gasteiger partial charge in [0.05, 0.1) is 11.9 Å². The molecule has 0 atom stereocenters. The maximum absolute atomic E-state index is 12.4. The fraction of sp³-hybridized carbons (Fsp3) is 0.278. The Bertz CT molecular complexity index is 927. The third-order valence-electron chi connectivity index (χ3n) is 3.95. The van der Waals surface area contributed by atoms with Crippen LogP contribution in [0.1, 0.15) is 19.4 Å². The van der Waals surface area contributed by atoms with Gasteiger partial charge in [-0.3, -0.25) is 4.79 Å². The molecule has 1 aliphatic heterocycles. The number of carbonyl (C=O) groups excluding carboxylic acids is 2. The zero-order valence-corrected chi connectivity index (χ0v) is 15.1. The monoisotopic (exact) mass is 395 g/mol. The molecule has 0 spiro atoms. The molecule has 1 aliphatic rings. The first kappa shape index (κ1) is 19.5. The molecule has 2 heterocycles. The predicted molar refractivity (Wildman–Crippen MR) is 92.3 cm³/mol. The van der Waals surface area contributed by atoms with Gasteiger partial charge in [0.15, 0.2) is 0 Å². The molecule has 3 amide bonds. The molecular formula is C18H16F3N3O4. The topological polar surface area (TPSA) is 80.8 Å². The highest BCUT2D eigenvalue weighted by atomic mass is 19.4. The van der Waals surface area contributed by atoms with E-state index in [0.29, 0.717) is 0 Å². The molecule has 1 aromatic carbocycles. The Labute approximate surface area is 158 Å². The normalized spacial score (nSPS) is 16.1. The lowest BCUT2D eigenvalue weighted by atomic mass is 10.1. The van der Waals surface area contributed by atoms with Gasteiger partial charge in [-0.1, -0.05) is 6.07 Å². The van der Waals surface area contributed by atoms with E-state index in [-0.39, 0.29) is 28.6 Å². The third-order valence-corrected chi connectivity index (χ3v) is 3.95. The number of hydrogen-bond donors (Lipinski definition) is 1. The van der Waals surface area contributed by atoms with Gasteiger partial charge in [-0.2, -0.15) is 0 Å². The predicted octanol–water partition coefficient (Wildman–Crippen LogP) is 3.92. The summed E-state index contributed by atoms with van der Waals surface area (Å²) in [6.45, 7) is 4.63. The number of urea groups is 1. The number of carbonyl (C=O) groups is 2. The largest absolute Gasteiger partial charge is 0.573 e. The maximum atomic E-state index is 12.4. The van der Waals surface area contributed by atoms with E-state index in [1.54, 1.807) is 13.8 Å². The zero-order chi connectivity index (χ0) is 20.7. The van der Waals surface area contributed by atoms with Gasteiger partial charge < -0.3 is 14.8 Å². The molecule has 0 saturated carbocycles. The summed E-state index contributed by atoms with van der Waals surface area (Å²) in [6.07, 6.45) is -3.56. The van der Waals surface area contributed by atoms with Crippen molar-refractivity contribution in [2.45, 2.75) is 32.7 Å². The first-order valence-corrected chi connectivity index (χ1v) is 8.13. The van der Waals surface area contributed by atoms with E-state index in [9.17, 15) is 22.8 Å². The smallest absolute Gasteiger partial charge is 0.439 e. The number of benzene rings is 1.